The number of amides is 1. The molecule has 0 radical (unpaired) electrons. The highest BCUT2D eigenvalue weighted by Crippen LogP contribution is 2.07. The van der Waals surface area contributed by atoms with Crippen molar-refractivity contribution >= 4 is 11.6 Å². The highest BCUT2D eigenvalue weighted by molar-refractivity contribution is 5.96. The van der Waals surface area contributed by atoms with Crippen molar-refractivity contribution in [2.75, 3.05) is 5.73 Å². The van der Waals surface area contributed by atoms with Gasteiger partial charge in [0.25, 0.3) is 5.91 Å². The number of nitrogens with zero attached hydrogens (tertiary/aromatic N) is 3. The summed E-state index contributed by atoms with van der Waals surface area (Å²) in [6.07, 6.45) is 3.27. The summed E-state index contributed by atoms with van der Waals surface area (Å²) in [7, 11) is 1.71. The standard InChI is InChI=1S/C11H13N5O/c1-16-7-9(12)10(15-16)11(17)14-6-8-4-2-3-5-13-8/h2-5,7H,6,12H2,1H3,(H,14,17). The van der Waals surface area contributed by atoms with Crippen molar-refractivity contribution in [2.45, 2.75) is 6.54 Å². The molecule has 3 N–H and O–H groups in total. The van der Waals surface area contributed by atoms with Crippen molar-refractivity contribution in [2.24, 2.45) is 7.05 Å². The fourth-order valence-electron chi connectivity index (χ4n) is 1.44. The van der Waals surface area contributed by atoms with Gasteiger partial charge in [-0.2, -0.15) is 5.10 Å². The van der Waals surface area contributed by atoms with Gasteiger partial charge >= 0.3 is 0 Å². The Morgan fingerprint density at radius 2 is 2.35 bits per heavy atom. The minimum absolute atomic E-state index is 0.239. The molecule has 6 nitrogen and oxygen atoms in total. The smallest absolute Gasteiger partial charge is 0.274 e. The second-order valence-electron chi connectivity index (χ2n) is 3.61. The molecule has 2 heterocycles. The third kappa shape index (κ3) is 2.60. The average molecular weight is 231 g/mol. The van der Waals surface area contributed by atoms with Gasteiger partial charge in [-0.25, -0.2) is 0 Å². The molecule has 0 saturated heterocycles. The molecule has 0 fully saturated rings. The molecule has 0 aromatic carbocycles. The molecule has 0 spiro atoms. The van der Waals surface area contributed by atoms with Crippen LogP contribution in [0.3, 0.4) is 0 Å². The SMILES string of the molecule is Cn1cc(N)c(C(=O)NCc2ccccn2)n1. The number of rotatable bonds is 3. The highest BCUT2D eigenvalue weighted by Gasteiger charge is 2.13. The molecular formula is C11H13N5O. The van der Waals surface area contributed by atoms with Crippen molar-refractivity contribution < 1.29 is 4.79 Å². The van der Waals surface area contributed by atoms with Crippen LogP contribution in [0.15, 0.2) is 30.6 Å². The summed E-state index contributed by atoms with van der Waals surface area (Å²) in [6.45, 7) is 0.357. The molecule has 1 amide bonds. The lowest BCUT2D eigenvalue weighted by atomic mass is 10.3. The normalized spacial score (nSPS) is 10.2. The summed E-state index contributed by atoms with van der Waals surface area (Å²) in [5, 5.41) is 6.69. The number of hydrogen-bond acceptors (Lipinski definition) is 4. The van der Waals surface area contributed by atoms with E-state index in [2.05, 4.69) is 15.4 Å². The summed E-state index contributed by atoms with van der Waals surface area (Å²) >= 11 is 0. The number of nitrogens with one attached hydrogen (secondary N) is 1. The van der Waals surface area contributed by atoms with Crippen LogP contribution in [0, 0.1) is 0 Å². The van der Waals surface area contributed by atoms with Crippen molar-refractivity contribution in [1.29, 1.82) is 0 Å². The quantitative estimate of drug-likeness (QED) is 0.797. The average Bonchev–Trinajstić information content (AvgIpc) is 2.67. The number of nitrogen functional groups attached to an aromatic ring is 1. The second kappa shape index (κ2) is 4.65. The third-order valence-electron chi connectivity index (χ3n) is 2.23. The van der Waals surface area contributed by atoms with Crippen LogP contribution in [-0.4, -0.2) is 20.7 Å². The summed E-state index contributed by atoms with van der Waals surface area (Å²) in [5.41, 5.74) is 7.04. The van der Waals surface area contributed by atoms with Gasteiger partial charge in [0, 0.05) is 19.4 Å². The number of nitrogens with two attached hydrogens (primary N) is 1. The van der Waals surface area contributed by atoms with Crippen LogP contribution in [0.1, 0.15) is 16.2 Å². The van der Waals surface area contributed by atoms with Crippen LogP contribution in [0.2, 0.25) is 0 Å². The molecule has 2 rings (SSSR count). The maximum absolute atomic E-state index is 11.8. The van der Waals surface area contributed by atoms with Crippen molar-refractivity contribution in [3.63, 3.8) is 0 Å². The number of carbonyl (C=O) groups excluding carboxylic acids is 1. The fraction of sp³-hybridized carbons (Fsp3) is 0.182. The maximum Gasteiger partial charge on any atom is 0.274 e. The lowest BCUT2D eigenvalue weighted by Crippen LogP contribution is -2.24. The van der Waals surface area contributed by atoms with E-state index in [0.29, 0.717) is 12.2 Å². The van der Waals surface area contributed by atoms with Crippen molar-refractivity contribution in [3.8, 4) is 0 Å². The molecular weight excluding hydrogens is 218 g/mol. The molecule has 0 bridgehead atoms. The van der Waals surface area contributed by atoms with Gasteiger partial charge in [-0.1, -0.05) is 6.07 Å². The Bertz CT molecular complexity index is 520. The van der Waals surface area contributed by atoms with E-state index in [1.54, 1.807) is 19.4 Å². The molecule has 0 saturated carbocycles. The Kier molecular flexibility index (Phi) is 3.04. The molecule has 0 unspecified atom stereocenters. The van der Waals surface area contributed by atoms with Crippen LogP contribution >= 0.6 is 0 Å². The number of pyridine rings is 1. The summed E-state index contributed by atoms with van der Waals surface area (Å²) in [6, 6.07) is 5.52. The first kappa shape index (κ1) is 11.1. The molecule has 88 valence electrons. The predicted octanol–water partition coefficient (Wildman–Crippen LogP) is 0.327. The summed E-state index contributed by atoms with van der Waals surface area (Å²) < 4.78 is 1.50. The summed E-state index contributed by atoms with van der Waals surface area (Å²) in [5.74, 6) is -0.297. The molecule has 2 aromatic rings. The molecule has 2 aromatic heterocycles. The van der Waals surface area contributed by atoms with E-state index in [0.717, 1.165) is 5.69 Å². The molecule has 17 heavy (non-hydrogen) atoms. The van der Waals surface area contributed by atoms with Crippen LogP contribution in [0.4, 0.5) is 5.69 Å². The first-order valence-corrected chi connectivity index (χ1v) is 5.14. The minimum Gasteiger partial charge on any atom is -0.396 e. The summed E-state index contributed by atoms with van der Waals surface area (Å²) in [4.78, 5) is 15.9. The highest BCUT2D eigenvalue weighted by atomic mass is 16.1. The lowest BCUT2D eigenvalue weighted by Gasteiger charge is -2.02. The van der Waals surface area contributed by atoms with Gasteiger partial charge in [-0.3, -0.25) is 14.5 Å². The number of aromatic nitrogens is 3. The number of aryl methyl sites for hydroxylation is 1. The molecule has 0 aliphatic carbocycles. The van der Waals surface area contributed by atoms with Gasteiger partial charge in [-0.15, -0.1) is 0 Å². The zero-order valence-electron chi connectivity index (χ0n) is 9.42. The van der Waals surface area contributed by atoms with Gasteiger partial charge in [0.05, 0.1) is 17.9 Å². The van der Waals surface area contributed by atoms with E-state index in [1.165, 1.54) is 4.68 Å². The number of hydrogen-bond donors (Lipinski definition) is 2. The lowest BCUT2D eigenvalue weighted by molar-refractivity contribution is 0.0945. The van der Waals surface area contributed by atoms with Crippen LogP contribution in [-0.2, 0) is 13.6 Å². The van der Waals surface area contributed by atoms with E-state index < -0.39 is 0 Å². The fourth-order valence-corrected chi connectivity index (χ4v) is 1.44. The zero-order valence-corrected chi connectivity index (χ0v) is 9.42. The van der Waals surface area contributed by atoms with E-state index in [9.17, 15) is 4.79 Å². The predicted molar refractivity (Wildman–Crippen MR) is 63.0 cm³/mol. The van der Waals surface area contributed by atoms with E-state index >= 15 is 0 Å². The third-order valence-corrected chi connectivity index (χ3v) is 2.23. The van der Waals surface area contributed by atoms with Crippen LogP contribution in [0.25, 0.3) is 0 Å². The van der Waals surface area contributed by atoms with Gasteiger partial charge in [0.2, 0.25) is 0 Å². The van der Waals surface area contributed by atoms with Crippen LogP contribution < -0.4 is 11.1 Å². The Morgan fingerprint density at radius 1 is 1.53 bits per heavy atom. The number of carbonyl (C=O) groups is 1. The molecule has 0 atom stereocenters. The molecule has 6 heteroatoms. The van der Waals surface area contributed by atoms with E-state index in [-0.39, 0.29) is 11.6 Å². The number of anilines is 1. The first-order valence-electron chi connectivity index (χ1n) is 5.14. The monoisotopic (exact) mass is 231 g/mol. The second-order valence-corrected chi connectivity index (χ2v) is 3.61. The molecule has 0 aliphatic rings. The Hall–Kier alpha value is -2.37. The minimum atomic E-state index is -0.297. The largest absolute Gasteiger partial charge is 0.396 e. The van der Waals surface area contributed by atoms with Gasteiger partial charge in [-0.05, 0) is 12.1 Å². The first-order chi connectivity index (χ1) is 8.16. The Balaban J connectivity index is 2.01. The van der Waals surface area contributed by atoms with Crippen molar-refractivity contribution in [1.82, 2.24) is 20.1 Å². The molecule has 0 aliphatic heterocycles. The van der Waals surface area contributed by atoms with Gasteiger partial charge < -0.3 is 11.1 Å². The van der Waals surface area contributed by atoms with Gasteiger partial charge in [0.15, 0.2) is 5.69 Å². The van der Waals surface area contributed by atoms with Crippen molar-refractivity contribution in [3.05, 3.63) is 42.0 Å². The Morgan fingerprint density at radius 3 is 2.94 bits per heavy atom. The Labute approximate surface area is 98.5 Å². The topological polar surface area (TPSA) is 85.8 Å². The van der Waals surface area contributed by atoms with E-state index in [1.807, 2.05) is 18.2 Å². The van der Waals surface area contributed by atoms with Gasteiger partial charge in [0.1, 0.15) is 0 Å². The van der Waals surface area contributed by atoms with Crippen LogP contribution in [0.5, 0.6) is 0 Å². The maximum atomic E-state index is 11.8. The zero-order chi connectivity index (χ0) is 12.3. The van der Waals surface area contributed by atoms with E-state index in [4.69, 9.17) is 5.73 Å².